The molecule has 1 amide bonds. The lowest BCUT2D eigenvalue weighted by atomic mass is 9.52. The average molecular weight is 505 g/mol. The SMILES string of the molecule is Cc1ccccc1-c1ccc(O)c2c1C[C@H]1C[C@H]3[C@H](N(C)C)C(=O)C(C(N)=O)C(=O)[C@@]3(O)C(=O)C1C2=O. The van der Waals surface area contributed by atoms with Crippen LogP contribution in [0.2, 0.25) is 0 Å². The van der Waals surface area contributed by atoms with Crippen molar-refractivity contribution in [2.24, 2.45) is 29.4 Å². The number of hydrogen-bond donors (Lipinski definition) is 3. The van der Waals surface area contributed by atoms with E-state index < -0.39 is 64.4 Å². The average Bonchev–Trinajstić information content (AvgIpc) is 2.82. The van der Waals surface area contributed by atoms with Gasteiger partial charge in [0.1, 0.15) is 5.75 Å². The smallest absolute Gasteiger partial charge is 0.235 e. The molecule has 0 saturated heterocycles. The Morgan fingerprint density at radius 1 is 1.03 bits per heavy atom. The third-order valence-electron chi connectivity index (χ3n) is 8.38. The number of carbonyl (C=O) groups is 5. The van der Waals surface area contributed by atoms with E-state index >= 15 is 0 Å². The van der Waals surface area contributed by atoms with Crippen molar-refractivity contribution in [3.63, 3.8) is 0 Å². The van der Waals surface area contributed by atoms with Crippen molar-refractivity contribution in [3.8, 4) is 16.9 Å². The molecule has 4 N–H and O–H groups in total. The first-order chi connectivity index (χ1) is 17.4. The van der Waals surface area contributed by atoms with Gasteiger partial charge in [0.25, 0.3) is 0 Å². The molecule has 2 fully saturated rings. The number of aliphatic hydroxyl groups is 1. The Morgan fingerprint density at radius 3 is 2.32 bits per heavy atom. The molecule has 0 aliphatic heterocycles. The number of nitrogens with two attached hydrogens (primary N) is 1. The Labute approximate surface area is 213 Å². The highest BCUT2D eigenvalue weighted by atomic mass is 16.3. The summed E-state index contributed by atoms with van der Waals surface area (Å²) in [5.74, 6) is -10.4. The van der Waals surface area contributed by atoms with E-state index in [-0.39, 0.29) is 24.2 Å². The second kappa shape index (κ2) is 8.43. The number of amides is 1. The van der Waals surface area contributed by atoms with Gasteiger partial charge < -0.3 is 15.9 Å². The van der Waals surface area contributed by atoms with Crippen molar-refractivity contribution in [2.75, 3.05) is 14.1 Å². The van der Waals surface area contributed by atoms with E-state index in [9.17, 15) is 34.2 Å². The third-order valence-corrected chi connectivity index (χ3v) is 8.38. The summed E-state index contributed by atoms with van der Waals surface area (Å²) < 4.78 is 0. The number of hydrogen-bond acceptors (Lipinski definition) is 8. The molecule has 192 valence electrons. The molecule has 5 rings (SSSR count). The summed E-state index contributed by atoms with van der Waals surface area (Å²) >= 11 is 0. The zero-order valence-corrected chi connectivity index (χ0v) is 20.7. The lowest BCUT2D eigenvalue weighted by Crippen LogP contribution is -2.74. The van der Waals surface area contributed by atoms with E-state index in [4.69, 9.17) is 5.73 Å². The van der Waals surface area contributed by atoms with Gasteiger partial charge in [-0.05, 0) is 68.1 Å². The number of fused-ring (bicyclic) bond motifs is 3. The van der Waals surface area contributed by atoms with Gasteiger partial charge in [0.2, 0.25) is 5.91 Å². The number of nitrogens with zero attached hydrogens (tertiary/aromatic N) is 1. The van der Waals surface area contributed by atoms with Gasteiger partial charge in [-0.3, -0.25) is 28.9 Å². The van der Waals surface area contributed by atoms with Gasteiger partial charge in [-0.2, -0.15) is 0 Å². The summed E-state index contributed by atoms with van der Waals surface area (Å²) in [6.45, 7) is 1.93. The molecule has 2 aromatic carbocycles. The molecule has 9 nitrogen and oxygen atoms in total. The quantitative estimate of drug-likeness (QED) is 0.520. The van der Waals surface area contributed by atoms with E-state index in [0.717, 1.165) is 16.7 Å². The van der Waals surface area contributed by atoms with Crippen molar-refractivity contribution in [3.05, 3.63) is 53.1 Å². The predicted molar refractivity (Wildman–Crippen MR) is 132 cm³/mol. The standard InChI is InChI=1S/C28H28N2O7/c1-12-6-4-5-7-14(12)15-8-9-18(31)20-16(15)10-13-11-17-22(30(2)3)24(33)21(27(29)36)26(35)28(17,37)25(34)19(13)23(20)32/h4-9,13,17,19,21-22,31,37H,10-11H2,1-3H3,(H2,29,36)/t13-,17-,19?,21?,22-,28-/m0/s1. The second-order valence-electron chi connectivity index (χ2n) is 10.6. The van der Waals surface area contributed by atoms with Gasteiger partial charge in [-0.1, -0.05) is 30.3 Å². The number of primary amides is 1. The van der Waals surface area contributed by atoms with Crippen LogP contribution in [0.15, 0.2) is 36.4 Å². The maximum absolute atomic E-state index is 13.9. The van der Waals surface area contributed by atoms with Crippen LogP contribution in [0.3, 0.4) is 0 Å². The molecule has 6 atom stereocenters. The van der Waals surface area contributed by atoms with Gasteiger partial charge in [-0.25, -0.2) is 0 Å². The maximum Gasteiger partial charge on any atom is 0.235 e. The largest absolute Gasteiger partial charge is 0.507 e. The van der Waals surface area contributed by atoms with Crippen LogP contribution in [-0.2, 0) is 25.6 Å². The number of rotatable bonds is 3. The molecule has 0 heterocycles. The van der Waals surface area contributed by atoms with E-state index in [0.29, 0.717) is 5.56 Å². The number of aryl methyl sites for hydroxylation is 1. The number of carbonyl (C=O) groups excluding carboxylic acids is 5. The number of ketones is 4. The Bertz CT molecular complexity index is 1400. The van der Waals surface area contributed by atoms with E-state index in [1.165, 1.54) is 11.0 Å². The van der Waals surface area contributed by atoms with Crippen molar-refractivity contribution in [1.82, 2.24) is 4.90 Å². The number of benzene rings is 2. The molecule has 2 aromatic rings. The predicted octanol–water partition coefficient (Wildman–Crippen LogP) is 0.842. The normalized spacial score (nSPS) is 31.1. The van der Waals surface area contributed by atoms with Crippen molar-refractivity contribution in [1.29, 1.82) is 0 Å². The maximum atomic E-state index is 13.9. The van der Waals surface area contributed by atoms with Crippen molar-refractivity contribution < 1.29 is 34.2 Å². The Kier molecular flexibility index (Phi) is 5.69. The van der Waals surface area contributed by atoms with Crippen LogP contribution in [0.4, 0.5) is 0 Å². The van der Waals surface area contributed by atoms with E-state index in [1.807, 2.05) is 31.2 Å². The molecule has 0 spiro atoms. The fourth-order valence-corrected chi connectivity index (χ4v) is 6.73. The highest BCUT2D eigenvalue weighted by Gasteiger charge is 2.69. The number of phenols is 1. The van der Waals surface area contributed by atoms with Crippen LogP contribution in [-0.4, -0.2) is 69.9 Å². The van der Waals surface area contributed by atoms with Crippen LogP contribution in [0.1, 0.15) is 27.9 Å². The first-order valence-electron chi connectivity index (χ1n) is 12.2. The van der Waals surface area contributed by atoms with Crippen LogP contribution in [0, 0.1) is 30.6 Å². The molecular weight excluding hydrogens is 476 g/mol. The second-order valence-corrected chi connectivity index (χ2v) is 10.6. The number of likely N-dealkylation sites (N-methyl/N-ethyl adjacent to an activating group) is 1. The molecule has 37 heavy (non-hydrogen) atoms. The van der Waals surface area contributed by atoms with Gasteiger partial charge in [0, 0.05) is 5.92 Å². The first kappa shape index (κ1) is 25.0. The van der Waals surface area contributed by atoms with Gasteiger partial charge >= 0.3 is 0 Å². The zero-order chi connectivity index (χ0) is 27.0. The minimum Gasteiger partial charge on any atom is -0.507 e. The highest BCUT2D eigenvalue weighted by Crippen LogP contribution is 2.51. The summed E-state index contributed by atoms with van der Waals surface area (Å²) in [6.07, 6.45) is 0.247. The topological polar surface area (TPSA) is 155 Å². The van der Waals surface area contributed by atoms with Crippen molar-refractivity contribution in [2.45, 2.75) is 31.4 Å². The fourth-order valence-electron chi connectivity index (χ4n) is 6.73. The van der Waals surface area contributed by atoms with E-state index in [2.05, 4.69) is 0 Å². The van der Waals surface area contributed by atoms with Crippen LogP contribution >= 0.6 is 0 Å². The Morgan fingerprint density at radius 2 is 1.70 bits per heavy atom. The van der Waals surface area contributed by atoms with Crippen molar-refractivity contribution >= 4 is 29.0 Å². The molecule has 3 aliphatic rings. The van der Waals surface area contributed by atoms with Crippen LogP contribution in [0.5, 0.6) is 5.75 Å². The monoisotopic (exact) mass is 504 g/mol. The molecule has 2 unspecified atom stereocenters. The molecular formula is C28H28N2O7. The molecule has 0 radical (unpaired) electrons. The van der Waals surface area contributed by atoms with Crippen LogP contribution < -0.4 is 5.73 Å². The first-order valence-corrected chi connectivity index (χ1v) is 12.2. The summed E-state index contributed by atoms with van der Waals surface area (Å²) in [6, 6.07) is 9.62. The summed E-state index contributed by atoms with van der Waals surface area (Å²) in [5, 5.41) is 22.3. The molecule has 3 aliphatic carbocycles. The summed E-state index contributed by atoms with van der Waals surface area (Å²) in [7, 11) is 3.12. The number of phenolic OH excluding ortho intramolecular Hbond substituents is 1. The number of aromatic hydroxyl groups is 1. The highest BCUT2D eigenvalue weighted by molar-refractivity contribution is 6.32. The Hall–Kier alpha value is -3.69. The van der Waals surface area contributed by atoms with Gasteiger partial charge in [-0.15, -0.1) is 0 Å². The van der Waals surface area contributed by atoms with E-state index in [1.54, 1.807) is 20.2 Å². The zero-order valence-electron chi connectivity index (χ0n) is 20.7. The number of Topliss-reactive ketones (excluding diaryl/α,β-unsaturated/α-hetero) is 4. The minimum atomic E-state index is -2.72. The molecule has 0 aromatic heterocycles. The summed E-state index contributed by atoms with van der Waals surface area (Å²) in [5.41, 5.74) is 5.79. The van der Waals surface area contributed by atoms with Crippen LogP contribution in [0.25, 0.3) is 11.1 Å². The van der Waals surface area contributed by atoms with Gasteiger partial charge in [0.05, 0.1) is 17.5 Å². The minimum absolute atomic E-state index is 0.00708. The Balaban J connectivity index is 1.67. The van der Waals surface area contributed by atoms with Gasteiger partial charge in [0.15, 0.2) is 34.7 Å². The fraction of sp³-hybridized carbons (Fsp3) is 0.393. The lowest BCUT2D eigenvalue weighted by Gasteiger charge is -2.52. The third kappa shape index (κ3) is 3.34. The molecule has 2 saturated carbocycles. The summed E-state index contributed by atoms with van der Waals surface area (Å²) in [4.78, 5) is 67.7. The lowest BCUT2D eigenvalue weighted by molar-refractivity contribution is -0.181. The molecule has 9 heteroatoms. The molecule has 0 bridgehead atoms.